The number of piperidine rings is 1. The van der Waals surface area contributed by atoms with E-state index >= 15 is 0 Å². The van der Waals surface area contributed by atoms with Gasteiger partial charge in [-0.15, -0.1) is 11.3 Å². The largest absolute Gasteiger partial charge is 0.465 e. The van der Waals surface area contributed by atoms with E-state index in [0.29, 0.717) is 17.7 Å². The third kappa shape index (κ3) is 5.25. The lowest BCUT2D eigenvalue weighted by atomic mass is 9.84. The van der Waals surface area contributed by atoms with Crippen molar-refractivity contribution in [2.45, 2.75) is 45.1 Å². The van der Waals surface area contributed by atoms with Crippen LogP contribution in [0.2, 0.25) is 0 Å². The molecule has 4 heterocycles. The lowest BCUT2D eigenvalue weighted by Crippen LogP contribution is -2.49. The highest BCUT2D eigenvalue weighted by Crippen LogP contribution is 2.38. The Labute approximate surface area is 215 Å². The van der Waals surface area contributed by atoms with E-state index in [1.54, 1.807) is 17.4 Å². The van der Waals surface area contributed by atoms with Gasteiger partial charge in [0.1, 0.15) is 0 Å². The summed E-state index contributed by atoms with van der Waals surface area (Å²) in [7, 11) is 0. The van der Waals surface area contributed by atoms with Gasteiger partial charge in [-0.3, -0.25) is 10.2 Å². The fourth-order valence-corrected chi connectivity index (χ4v) is 6.16. The number of nitrogens with zero attached hydrogens (tertiary/aromatic N) is 4. The van der Waals surface area contributed by atoms with Gasteiger partial charge in [-0.25, -0.2) is 9.78 Å². The molecule has 2 aliphatic heterocycles. The fraction of sp³-hybridized carbons (Fsp3) is 0.500. The third-order valence-electron chi connectivity index (χ3n) is 6.91. The second-order valence-corrected chi connectivity index (χ2v) is 11.3. The first-order chi connectivity index (χ1) is 17.3. The van der Waals surface area contributed by atoms with Gasteiger partial charge in [-0.05, 0) is 41.8 Å². The first-order valence-corrected chi connectivity index (χ1v) is 13.4. The van der Waals surface area contributed by atoms with Crippen LogP contribution in [0.4, 0.5) is 27.9 Å². The Morgan fingerprint density at radius 1 is 1.08 bits per heavy atom. The molecule has 1 amide bonds. The van der Waals surface area contributed by atoms with E-state index in [1.165, 1.54) is 0 Å². The summed E-state index contributed by atoms with van der Waals surface area (Å²) in [5.41, 5.74) is 2.83. The maximum atomic E-state index is 11.4. The van der Waals surface area contributed by atoms with Gasteiger partial charge < -0.3 is 20.1 Å². The van der Waals surface area contributed by atoms with E-state index in [0.717, 1.165) is 79.5 Å². The average molecular weight is 511 g/mol. The predicted molar refractivity (Wildman–Crippen MR) is 145 cm³/mol. The van der Waals surface area contributed by atoms with E-state index in [9.17, 15) is 9.90 Å². The number of anilines is 4. The average Bonchev–Trinajstić information content (AvgIpc) is 3.32. The molecule has 2 saturated heterocycles. The van der Waals surface area contributed by atoms with Gasteiger partial charge in [0, 0.05) is 49.2 Å². The molecule has 2 aromatic heterocycles. The normalized spacial score (nSPS) is 17.9. The molecule has 5 rings (SSSR count). The molecule has 0 spiro atoms. The van der Waals surface area contributed by atoms with Crippen molar-refractivity contribution < 1.29 is 14.6 Å². The second kappa shape index (κ2) is 10.2. The first kappa shape index (κ1) is 24.7. The lowest BCUT2D eigenvalue weighted by molar-refractivity contribution is 0.0115. The standard InChI is InChI=1S/C26H34N6O3S/c1-26(2,3)21-18(5-4-6-19(21)29-25(33)34)27-24-28-20-9-16-36-22(20)23(30-24)32-10-7-17(8-11-32)31-12-14-35-15-13-31/h4-6,9,16-17,29H,7-8,10-15H2,1-3H3,(H,33,34)(H,27,28,30). The highest BCUT2D eigenvalue weighted by atomic mass is 32.1. The number of fused-ring (bicyclic) bond motifs is 1. The molecule has 3 N–H and O–H groups in total. The van der Waals surface area contributed by atoms with Crippen LogP contribution in [0.1, 0.15) is 39.2 Å². The van der Waals surface area contributed by atoms with Crippen LogP contribution in [0.15, 0.2) is 29.6 Å². The number of morpholine rings is 1. The molecule has 0 bridgehead atoms. The molecular formula is C26H34N6O3S. The predicted octanol–water partition coefficient (Wildman–Crippen LogP) is 5.12. The number of carbonyl (C=O) groups is 1. The van der Waals surface area contributed by atoms with Crippen molar-refractivity contribution in [3.8, 4) is 0 Å². The van der Waals surface area contributed by atoms with Crippen molar-refractivity contribution in [2.75, 3.05) is 54.9 Å². The van der Waals surface area contributed by atoms with Crippen LogP contribution in [-0.2, 0) is 10.2 Å². The molecule has 9 nitrogen and oxygen atoms in total. The van der Waals surface area contributed by atoms with Gasteiger partial charge in [0.15, 0.2) is 5.82 Å². The number of rotatable bonds is 5. The Morgan fingerprint density at radius 3 is 2.50 bits per heavy atom. The zero-order chi connectivity index (χ0) is 25.3. The zero-order valence-electron chi connectivity index (χ0n) is 21.1. The zero-order valence-corrected chi connectivity index (χ0v) is 21.9. The molecule has 1 aromatic carbocycles. The summed E-state index contributed by atoms with van der Waals surface area (Å²) in [6.07, 6.45) is 1.13. The molecule has 0 aliphatic carbocycles. The van der Waals surface area contributed by atoms with E-state index in [2.05, 4.69) is 46.6 Å². The van der Waals surface area contributed by atoms with Gasteiger partial charge in [-0.1, -0.05) is 26.8 Å². The number of hydrogen-bond donors (Lipinski definition) is 3. The number of thiophene rings is 1. The van der Waals surface area contributed by atoms with Gasteiger partial charge in [0.25, 0.3) is 0 Å². The fourth-order valence-electron chi connectivity index (χ4n) is 5.31. The minimum atomic E-state index is -1.09. The van der Waals surface area contributed by atoms with Crippen LogP contribution < -0.4 is 15.5 Å². The number of hydrogen-bond acceptors (Lipinski definition) is 8. The Hall–Kier alpha value is -2.95. The lowest BCUT2D eigenvalue weighted by Gasteiger charge is -2.40. The topological polar surface area (TPSA) is 103 Å². The van der Waals surface area contributed by atoms with E-state index in [1.807, 2.05) is 18.2 Å². The molecule has 0 atom stereocenters. The van der Waals surface area contributed by atoms with E-state index in [-0.39, 0.29) is 5.41 Å². The van der Waals surface area contributed by atoms with Crippen LogP contribution in [0.25, 0.3) is 10.2 Å². The van der Waals surface area contributed by atoms with E-state index < -0.39 is 6.09 Å². The van der Waals surface area contributed by atoms with E-state index in [4.69, 9.17) is 14.7 Å². The molecule has 2 fully saturated rings. The SMILES string of the molecule is CC(C)(C)c1c(NC(=O)O)cccc1Nc1nc(N2CCC(N3CCOCC3)CC2)c2sccc2n1. The van der Waals surface area contributed by atoms with Crippen LogP contribution in [0, 0.1) is 0 Å². The smallest absolute Gasteiger partial charge is 0.409 e. The minimum absolute atomic E-state index is 0.307. The molecule has 36 heavy (non-hydrogen) atoms. The summed E-state index contributed by atoms with van der Waals surface area (Å²) >= 11 is 1.67. The number of benzene rings is 1. The second-order valence-electron chi connectivity index (χ2n) is 10.4. The van der Waals surface area contributed by atoms with Gasteiger partial charge >= 0.3 is 6.09 Å². The summed E-state index contributed by atoms with van der Waals surface area (Å²) in [6.45, 7) is 11.8. The Bertz CT molecular complexity index is 1230. The Balaban J connectivity index is 1.42. The quantitative estimate of drug-likeness (QED) is 0.434. The molecule has 2 aliphatic rings. The Kier molecular flexibility index (Phi) is 7.00. The molecule has 192 valence electrons. The van der Waals surface area contributed by atoms with Crippen molar-refractivity contribution in [1.29, 1.82) is 0 Å². The van der Waals surface area contributed by atoms with Crippen molar-refractivity contribution >= 4 is 50.8 Å². The van der Waals surface area contributed by atoms with Crippen LogP contribution in [0.5, 0.6) is 0 Å². The molecule has 10 heteroatoms. The number of carboxylic acid groups (broad SMARTS) is 1. The van der Waals surface area contributed by atoms with Crippen molar-refractivity contribution in [2.24, 2.45) is 0 Å². The number of ether oxygens (including phenoxy) is 1. The summed E-state index contributed by atoms with van der Waals surface area (Å²) < 4.78 is 6.63. The van der Waals surface area contributed by atoms with Crippen molar-refractivity contribution in [3.63, 3.8) is 0 Å². The summed E-state index contributed by atoms with van der Waals surface area (Å²) in [4.78, 5) is 26.1. The molecule has 0 saturated carbocycles. The summed E-state index contributed by atoms with van der Waals surface area (Å²) in [5, 5.41) is 17.4. The Morgan fingerprint density at radius 2 is 1.81 bits per heavy atom. The molecular weight excluding hydrogens is 476 g/mol. The van der Waals surface area contributed by atoms with Gasteiger partial charge in [-0.2, -0.15) is 4.98 Å². The maximum absolute atomic E-state index is 11.4. The summed E-state index contributed by atoms with van der Waals surface area (Å²) in [5.74, 6) is 1.49. The summed E-state index contributed by atoms with van der Waals surface area (Å²) in [6, 6.07) is 8.20. The molecule has 3 aromatic rings. The number of aromatic nitrogens is 2. The highest BCUT2D eigenvalue weighted by molar-refractivity contribution is 7.17. The van der Waals surface area contributed by atoms with Crippen molar-refractivity contribution in [1.82, 2.24) is 14.9 Å². The van der Waals surface area contributed by atoms with Crippen LogP contribution >= 0.6 is 11.3 Å². The van der Waals surface area contributed by atoms with Crippen molar-refractivity contribution in [3.05, 3.63) is 35.2 Å². The highest BCUT2D eigenvalue weighted by Gasteiger charge is 2.28. The van der Waals surface area contributed by atoms with Gasteiger partial charge in [0.2, 0.25) is 5.95 Å². The first-order valence-electron chi connectivity index (χ1n) is 12.5. The monoisotopic (exact) mass is 510 g/mol. The van der Waals surface area contributed by atoms with Crippen LogP contribution in [0.3, 0.4) is 0 Å². The third-order valence-corrected chi connectivity index (χ3v) is 7.81. The number of nitrogens with one attached hydrogen (secondary N) is 2. The maximum Gasteiger partial charge on any atom is 0.409 e. The molecule has 0 radical (unpaired) electrons. The number of amides is 1. The minimum Gasteiger partial charge on any atom is -0.465 e. The van der Waals surface area contributed by atoms with Crippen LogP contribution in [-0.4, -0.2) is 71.5 Å². The molecule has 0 unspecified atom stereocenters. The van der Waals surface area contributed by atoms with Gasteiger partial charge in [0.05, 0.1) is 23.4 Å².